The maximum Gasteiger partial charge on any atom is 0.237 e. The molecule has 21 heavy (non-hydrogen) atoms. The van der Waals surface area contributed by atoms with Crippen molar-refractivity contribution < 1.29 is 9.53 Å². The molecule has 3 N–H and O–H groups in total. The van der Waals surface area contributed by atoms with Gasteiger partial charge in [-0.15, -0.1) is 12.4 Å². The van der Waals surface area contributed by atoms with E-state index in [1.807, 2.05) is 44.2 Å². The van der Waals surface area contributed by atoms with E-state index < -0.39 is 6.04 Å². The number of benzene rings is 1. The zero-order valence-corrected chi connectivity index (χ0v) is 13.7. The lowest BCUT2D eigenvalue weighted by molar-refractivity contribution is -0.123. The fraction of sp³-hybridized carbons (Fsp3) is 0.562. The van der Waals surface area contributed by atoms with Gasteiger partial charge < -0.3 is 15.8 Å². The molecule has 0 aromatic heterocycles. The second kappa shape index (κ2) is 11.5. The van der Waals surface area contributed by atoms with E-state index in [0.717, 1.165) is 12.8 Å². The van der Waals surface area contributed by atoms with E-state index in [1.54, 1.807) is 0 Å². The minimum Gasteiger partial charge on any atom is -0.377 e. The number of nitrogens with two attached hydrogens (primary N) is 1. The third kappa shape index (κ3) is 8.71. The number of carbonyl (C=O) groups excluding carboxylic acids is 1. The Balaban J connectivity index is 0.00000400. The molecule has 120 valence electrons. The molecule has 0 bridgehead atoms. The number of unbranched alkanes of at least 4 members (excludes halogenated alkanes) is 1. The fourth-order valence-electron chi connectivity index (χ4n) is 1.73. The van der Waals surface area contributed by atoms with Crippen LogP contribution in [-0.4, -0.2) is 25.1 Å². The largest absolute Gasteiger partial charge is 0.377 e. The van der Waals surface area contributed by atoms with Crippen molar-refractivity contribution in [2.45, 2.75) is 39.3 Å². The third-order valence-electron chi connectivity index (χ3n) is 3.15. The number of nitrogens with one attached hydrogen (secondary N) is 1. The molecule has 1 amide bonds. The van der Waals surface area contributed by atoms with Gasteiger partial charge in [-0.1, -0.05) is 44.2 Å². The molecule has 0 heterocycles. The zero-order valence-electron chi connectivity index (χ0n) is 12.9. The van der Waals surface area contributed by atoms with Gasteiger partial charge in [-0.2, -0.15) is 0 Å². The standard InChI is InChI=1S/C16H26N2O2.ClH/c1-13(2)15(17)16(19)18-10-6-7-11-20-12-14-8-4-3-5-9-14;/h3-5,8-9,13,15H,6-7,10-12,17H2,1-2H3,(H,18,19);1H/t15-;/m0./s1. The minimum atomic E-state index is -0.413. The lowest BCUT2D eigenvalue weighted by Crippen LogP contribution is -2.44. The highest BCUT2D eigenvalue weighted by Gasteiger charge is 2.15. The van der Waals surface area contributed by atoms with Crippen molar-refractivity contribution in [2.24, 2.45) is 11.7 Å². The topological polar surface area (TPSA) is 64.4 Å². The zero-order chi connectivity index (χ0) is 14.8. The number of hydrogen-bond acceptors (Lipinski definition) is 3. The molecule has 1 aromatic carbocycles. The molecule has 0 aliphatic rings. The average Bonchev–Trinajstić information content (AvgIpc) is 2.46. The summed E-state index contributed by atoms with van der Waals surface area (Å²) in [6.07, 6.45) is 1.84. The summed E-state index contributed by atoms with van der Waals surface area (Å²) in [5.41, 5.74) is 6.93. The van der Waals surface area contributed by atoms with E-state index in [1.165, 1.54) is 5.56 Å². The molecule has 0 fully saturated rings. The van der Waals surface area contributed by atoms with Crippen LogP contribution in [0.2, 0.25) is 0 Å². The number of carbonyl (C=O) groups is 1. The van der Waals surface area contributed by atoms with E-state index in [-0.39, 0.29) is 24.2 Å². The lowest BCUT2D eigenvalue weighted by Gasteiger charge is -2.15. The molecule has 0 aliphatic carbocycles. The van der Waals surface area contributed by atoms with Crippen molar-refractivity contribution in [1.29, 1.82) is 0 Å². The van der Waals surface area contributed by atoms with Crippen LogP contribution in [0.5, 0.6) is 0 Å². The highest BCUT2D eigenvalue weighted by molar-refractivity contribution is 5.85. The molecule has 0 radical (unpaired) electrons. The Labute approximate surface area is 133 Å². The van der Waals surface area contributed by atoms with Crippen molar-refractivity contribution in [3.05, 3.63) is 35.9 Å². The molecule has 4 nitrogen and oxygen atoms in total. The summed E-state index contributed by atoms with van der Waals surface area (Å²) >= 11 is 0. The predicted octanol–water partition coefficient (Wildman–Crippen LogP) is 2.50. The van der Waals surface area contributed by atoms with Crippen LogP contribution in [0.15, 0.2) is 30.3 Å². The quantitative estimate of drug-likeness (QED) is 0.688. The summed E-state index contributed by atoms with van der Waals surface area (Å²) in [6, 6.07) is 9.69. The summed E-state index contributed by atoms with van der Waals surface area (Å²) in [7, 11) is 0. The van der Waals surface area contributed by atoms with Crippen LogP contribution in [0.4, 0.5) is 0 Å². The molecular formula is C16H27ClN2O2. The maximum atomic E-state index is 11.6. The third-order valence-corrected chi connectivity index (χ3v) is 3.15. The van der Waals surface area contributed by atoms with Gasteiger partial charge in [0.1, 0.15) is 0 Å². The van der Waals surface area contributed by atoms with E-state index in [4.69, 9.17) is 10.5 Å². The van der Waals surface area contributed by atoms with E-state index in [2.05, 4.69) is 5.32 Å². The van der Waals surface area contributed by atoms with E-state index in [9.17, 15) is 4.79 Å². The van der Waals surface area contributed by atoms with Crippen LogP contribution in [0.1, 0.15) is 32.3 Å². The first kappa shape index (κ1) is 19.9. The summed E-state index contributed by atoms with van der Waals surface area (Å²) in [4.78, 5) is 11.6. The Hall–Kier alpha value is -1.10. The molecular weight excluding hydrogens is 288 g/mol. The summed E-state index contributed by atoms with van der Waals surface area (Å²) in [5.74, 6) is 0.106. The highest BCUT2D eigenvalue weighted by Crippen LogP contribution is 2.01. The lowest BCUT2D eigenvalue weighted by atomic mass is 10.1. The van der Waals surface area contributed by atoms with E-state index >= 15 is 0 Å². The van der Waals surface area contributed by atoms with Crippen LogP contribution >= 0.6 is 12.4 Å². The number of rotatable bonds is 9. The molecule has 5 heteroatoms. The monoisotopic (exact) mass is 314 g/mol. The van der Waals surface area contributed by atoms with Gasteiger partial charge in [0.05, 0.1) is 12.6 Å². The van der Waals surface area contributed by atoms with Gasteiger partial charge in [-0.25, -0.2) is 0 Å². The molecule has 0 aliphatic heterocycles. The molecule has 0 unspecified atom stereocenters. The Bertz CT molecular complexity index is 385. The molecule has 1 rings (SSSR count). The Morgan fingerprint density at radius 3 is 2.52 bits per heavy atom. The Morgan fingerprint density at radius 2 is 1.90 bits per heavy atom. The van der Waals surface area contributed by atoms with Crippen molar-refractivity contribution in [1.82, 2.24) is 5.32 Å². The fourth-order valence-corrected chi connectivity index (χ4v) is 1.73. The van der Waals surface area contributed by atoms with E-state index in [0.29, 0.717) is 19.8 Å². The van der Waals surface area contributed by atoms with Crippen LogP contribution in [0.3, 0.4) is 0 Å². The normalized spacial score (nSPS) is 11.8. The Morgan fingerprint density at radius 1 is 1.24 bits per heavy atom. The maximum absolute atomic E-state index is 11.6. The van der Waals surface area contributed by atoms with Gasteiger partial charge in [-0.3, -0.25) is 4.79 Å². The summed E-state index contributed by atoms with van der Waals surface area (Å²) in [5, 5.41) is 2.85. The van der Waals surface area contributed by atoms with Crippen LogP contribution in [-0.2, 0) is 16.1 Å². The van der Waals surface area contributed by atoms with Crippen LogP contribution in [0.25, 0.3) is 0 Å². The SMILES string of the molecule is CC(C)[C@H](N)C(=O)NCCCCOCc1ccccc1.Cl. The highest BCUT2D eigenvalue weighted by atomic mass is 35.5. The van der Waals surface area contributed by atoms with Gasteiger partial charge in [0.15, 0.2) is 0 Å². The minimum absolute atomic E-state index is 0. The first-order valence-corrected chi connectivity index (χ1v) is 7.26. The molecule has 1 aromatic rings. The predicted molar refractivity (Wildman–Crippen MR) is 88.4 cm³/mol. The smallest absolute Gasteiger partial charge is 0.237 e. The Kier molecular flexibility index (Phi) is 10.9. The second-order valence-electron chi connectivity index (χ2n) is 5.31. The first-order valence-electron chi connectivity index (χ1n) is 7.26. The van der Waals surface area contributed by atoms with Gasteiger partial charge in [0, 0.05) is 13.2 Å². The number of hydrogen-bond donors (Lipinski definition) is 2. The molecule has 1 atom stereocenters. The van der Waals surface area contributed by atoms with Gasteiger partial charge >= 0.3 is 0 Å². The van der Waals surface area contributed by atoms with Gasteiger partial charge in [0.25, 0.3) is 0 Å². The van der Waals surface area contributed by atoms with Gasteiger partial charge in [0.2, 0.25) is 5.91 Å². The second-order valence-corrected chi connectivity index (χ2v) is 5.31. The van der Waals surface area contributed by atoms with Crippen molar-refractivity contribution in [2.75, 3.05) is 13.2 Å². The van der Waals surface area contributed by atoms with Crippen molar-refractivity contribution in [3.8, 4) is 0 Å². The number of halogens is 1. The average molecular weight is 315 g/mol. The first-order chi connectivity index (χ1) is 9.61. The van der Waals surface area contributed by atoms with Crippen LogP contribution in [0, 0.1) is 5.92 Å². The van der Waals surface area contributed by atoms with Crippen LogP contribution < -0.4 is 11.1 Å². The van der Waals surface area contributed by atoms with Gasteiger partial charge in [-0.05, 0) is 24.3 Å². The number of ether oxygens (including phenoxy) is 1. The summed E-state index contributed by atoms with van der Waals surface area (Å²) in [6.45, 7) is 5.91. The van der Waals surface area contributed by atoms with Crippen molar-refractivity contribution in [3.63, 3.8) is 0 Å². The van der Waals surface area contributed by atoms with Crippen molar-refractivity contribution >= 4 is 18.3 Å². The molecule has 0 saturated heterocycles. The summed E-state index contributed by atoms with van der Waals surface area (Å²) < 4.78 is 5.58. The number of amides is 1. The molecule has 0 saturated carbocycles. The molecule has 0 spiro atoms.